The lowest BCUT2D eigenvalue weighted by atomic mass is 10.2. The van der Waals surface area contributed by atoms with Gasteiger partial charge in [-0.1, -0.05) is 65.7 Å². The summed E-state index contributed by atoms with van der Waals surface area (Å²) < 4.78 is 1.84. The molecule has 0 saturated heterocycles. The Labute approximate surface area is 154 Å². The first kappa shape index (κ1) is 16.6. The number of nitrogens with zero attached hydrogens (tertiary/aromatic N) is 3. The van der Waals surface area contributed by atoms with E-state index in [1.54, 1.807) is 6.07 Å². The maximum atomic E-state index is 6.22. The van der Waals surface area contributed by atoms with Crippen LogP contribution in [0.4, 0.5) is 0 Å². The maximum Gasteiger partial charge on any atom is 0.216 e. The fourth-order valence-corrected chi connectivity index (χ4v) is 2.64. The maximum absolute atomic E-state index is 6.22. The van der Waals surface area contributed by atoms with Crippen molar-refractivity contribution in [1.29, 1.82) is 0 Å². The van der Waals surface area contributed by atoms with E-state index in [1.165, 1.54) is 10.9 Å². The average molecular weight is 375 g/mol. The van der Waals surface area contributed by atoms with Crippen molar-refractivity contribution in [2.24, 2.45) is 5.10 Å². The molecular formula is C17H12Cl2N4S. The van der Waals surface area contributed by atoms with Crippen molar-refractivity contribution in [3.8, 4) is 11.4 Å². The summed E-state index contributed by atoms with van der Waals surface area (Å²) >= 11 is 17.7. The van der Waals surface area contributed by atoms with E-state index in [9.17, 15) is 0 Å². The molecule has 0 radical (unpaired) electrons. The van der Waals surface area contributed by atoms with E-state index in [0.717, 1.165) is 11.1 Å². The zero-order chi connectivity index (χ0) is 16.9. The van der Waals surface area contributed by atoms with Gasteiger partial charge in [0.25, 0.3) is 0 Å². The number of H-pyrrole nitrogens is 1. The molecule has 0 aliphatic rings. The van der Waals surface area contributed by atoms with Gasteiger partial charge in [-0.25, -0.2) is 5.10 Å². The van der Waals surface area contributed by atoms with Gasteiger partial charge in [0.1, 0.15) is 0 Å². The monoisotopic (exact) mass is 374 g/mol. The molecule has 0 saturated carbocycles. The smallest absolute Gasteiger partial charge is 0.216 e. The van der Waals surface area contributed by atoms with Crippen LogP contribution >= 0.6 is 35.4 Å². The van der Waals surface area contributed by atoms with E-state index in [0.29, 0.717) is 20.7 Å². The molecule has 3 aromatic rings. The molecule has 0 aliphatic carbocycles. The first-order valence-electron chi connectivity index (χ1n) is 7.04. The Kier molecular flexibility index (Phi) is 5.25. The number of allylic oxidation sites excluding steroid dienone is 1. The summed E-state index contributed by atoms with van der Waals surface area (Å²) in [6.45, 7) is 0. The van der Waals surface area contributed by atoms with Crippen LogP contribution in [0.5, 0.6) is 0 Å². The molecule has 2 aromatic carbocycles. The Balaban J connectivity index is 1.94. The van der Waals surface area contributed by atoms with Gasteiger partial charge in [-0.15, -0.1) is 0 Å². The molecule has 120 valence electrons. The lowest BCUT2D eigenvalue weighted by molar-refractivity contribution is 0.872. The molecule has 0 fully saturated rings. The van der Waals surface area contributed by atoms with Gasteiger partial charge in [0, 0.05) is 5.56 Å². The molecule has 0 atom stereocenters. The van der Waals surface area contributed by atoms with E-state index in [4.69, 9.17) is 35.4 Å². The lowest BCUT2D eigenvalue weighted by Gasteiger charge is -2.02. The normalized spacial score (nSPS) is 12.0. The van der Waals surface area contributed by atoms with Crippen LogP contribution in [0.2, 0.25) is 5.02 Å². The highest BCUT2D eigenvalue weighted by atomic mass is 35.5. The third kappa shape index (κ3) is 3.82. The number of aromatic nitrogens is 3. The van der Waals surface area contributed by atoms with Gasteiger partial charge in [0.15, 0.2) is 5.82 Å². The van der Waals surface area contributed by atoms with Crippen LogP contribution in [0.25, 0.3) is 17.5 Å². The first-order valence-corrected chi connectivity index (χ1v) is 8.20. The minimum atomic E-state index is 0.352. The van der Waals surface area contributed by atoms with Crippen LogP contribution in [0.3, 0.4) is 0 Å². The van der Waals surface area contributed by atoms with Crippen LogP contribution in [-0.4, -0.2) is 21.1 Å². The highest BCUT2D eigenvalue weighted by molar-refractivity contribution is 7.71. The molecule has 1 aromatic heterocycles. The highest BCUT2D eigenvalue weighted by Crippen LogP contribution is 2.25. The minimum absolute atomic E-state index is 0.352. The van der Waals surface area contributed by atoms with Crippen LogP contribution in [-0.2, 0) is 0 Å². The standard InChI is InChI=1S/C17H12Cl2N4S/c18-13(10-12-6-2-1-3-7-12)11-20-23-16(21-22-17(23)24)14-8-4-5-9-15(14)19/h1-11H,(H,22,24). The Morgan fingerprint density at radius 1 is 1.12 bits per heavy atom. The SMILES string of the molecule is S=c1[nH]nc(-c2ccccc2Cl)n1N=CC(Cl)=Cc1ccccc1. The number of rotatable bonds is 4. The molecule has 0 amide bonds. The van der Waals surface area contributed by atoms with Gasteiger partial charge < -0.3 is 0 Å². The molecule has 0 unspecified atom stereocenters. The van der Waals surface area contributed by atoms with Gasteiger partial charge in [0.2, 0.25) is 4.77 Å². The molecular weight excluding hydrogens is 363 g/mol. The molecule has 0 aliphatic heterocycles. The second-order valence-electron chi connectivity index (χ2n) is 4.83. The van der Waals surface area contributed by atoms with Crippen molar-refractivity contribution in [3.05, 3.63) is 75.0 Å². The van der Waals surface area contributed by atoms with Crippen molar-refractivity contribution in [2.45, 2.75) is 0 Å². The molecule has 24 heavy (non-hydrogen) atoms. The Morgan fingerprint density at radius 3 is 2.58 bits per heavy atom. The van der Waals surface area contributed by atoms with Crippen molar-refractivity contribution in [1.82, 2.24) is 14.9 Å². The number of halogens is 2. The van der Waals surface area contributed by atoms with E-state index in [-0.39, 0.29) is 0 Å². The number of hydrogen-bond acceptors (Lipinski definition) is 3. The van der Waals surface area contributed by atoms with Crippen molar-refractivity contribution in [2.75, 3.05) is 0 Å². The number of hydrogen-bond donors (Lipinski definition) is 1. The number of aromatic amines is 1. The third-order valence-electron chi connectivity index (χ3n) is 3.17. The molecule has 1 heterocycles. The van der Waals surface area contributed by atoms with E-state index < -0.39 is 0 Å². The van der Waals surface area contributed by atoms with E-state index in [1.807, 2.05) is 54.6 Å². The second kappa shape index (κ2) is 7.57. The summed E-state index contributed by atoms with van der Waals surface area (Å²) in [4.78, 5) is 0. The van der Waals surface area contributed by atoms with E-state index >= 15 is 0 Å². The summed E-state index contributed by atoms with van der Waals surface area (Å²) in [6.07, 6.45) is 3.32. The summed E-state index contributed by atoms with van der Waals surface area (Å²) in [7, 11) is 0. The predicted molar refractivity (Wildman–Crippen MR) is 102 cm³/mol. The predicted octanol–water partition coefficient (Wildman–Crippen LogP) is 5.37. The zero-order valence-electron chi connectivity index (χ0n) is 12.4. The summed E-state index contributed by atoms with van der Waals surface area (Å²) in [5.74, 6) is 0.519. The molecule has 1 N–H and O–H groups in total. The van der Waals surface area contributed by atoms with Crippen LogP contribution in [0, 0.1) is 4.77 Å². The summed E-state index contributed by atoms with van der Waals surface area (Å²) in [6, 6.07) is 17.1. The largest absolute Gasteiger partial charge is 0.250 e. The Hall–Kier alpha value is -2.21. The minimum Gasteiger partial charge on any atom is -0.250 e. The summed E-state index contributed by atoms with van der Waals surface area (Å²) in [5.41, 5.74) is 1.71. The fourth-order valence-electron chi connectivity index (χ4n) is 2.07. The van der Waals surface area contributed by atoms with Crippen molar-refractivity contribution < 1.29 is 0 Å². The van der Waals surface area contributed by atoms with Gasteiger partial charge in [-0.2, -0.15) is 14.9 Å². The molecule has 7 heteroatoms. The molecule has 4 nitrogen and oxygen atoms in total. The topological polar surface area (TPSA) is 46.0 Å². The first-order chi connectivity index (χ1) is 11.6. The van der Waals surface area contributed by atoms with Gasteiger partial charge in [0.05, 0.1) is 16.3 Å². The van der Waals surface area contributed by atoms with Gasteiger partial charge >= 0.3 is 0 Å². The lowest BCUT2D eigenvalue weighted by Crippen LogP contribution is -1.95. The van der Waals surface area contributed by atoms with Crippen LogP contribution in [0.1, 0.15) is 5.56 Å². The fraction of sp³-hybridized carbons (Fsp3) is 0. The summed E-state index contributed by atoms with van der Waals surface area (Å²) in [5, 5.41) is 12.3. The third-order valence-corrected chi connectivity index (χ3v) is 3.97. The van der Waals surface area contributed by atoms with Crippen molar-refractivity contribution in [3.63, 3.8) is 0 Å². The second-order valence-corrected chi connectivity index (χ2v) is 6.06. The average Bonchev–Trinajstić information content (AvgIpc) is 2.95. The molecule has 3 rings (SSSR count). The van der Waals surface area contributed by atoms with Gasteiger partial charge in [-0.3, -0.25) is 0 Å². The number of nitrogens with one attached hydrogen (secondary N) is 1. The van der Waals surface area contributed by atoms with Crippen molar-refractivity contribution >= 4 is 47.7 Å². The number of benzene rings is 2. The van der Waals surface area contributed by atoms with Gasteiger partial charge in [-0.05, 0) is 36.0 Å². The van der Waals surface area contributed by atoms with Crippen LogP contribution < -0.4 is 0 Å². The Bertz CT molecular complexity index is 958. The highest BCUT2D eigenvalue weighted by Gasteiger charge is 2.11. The quantitative estimate of drug-likeness (QED) is 0.492. The van der Waals surface area contributed by atoms with Crippen LogP contribution in [0.15, 0.2) is 64.7 Å². The molecule has 0 spiro atoms. The van der Waals surface area contributed by atoms with E-state index in [2.05, 4.69) is 15.3 Å². The Morgan fingerprint density at radius 2 is 1.83 bits per heavy atom. The molecule has 0 bridgehead atoms. The zero-order valence-corrected chi connectivity index (χ0v) is 14.7.